The van der Waals surface area contributed by atoms with E-state index < -0.39 is 51.4 Å². The minimum absolute atomic E-state index is 0.00819. The number of amides is 5. The molecule has 19 heteroatoms. The normalized spacial score (nSPS) is 19.8. The highest BCUT2D eigenvalue weighted by atomic mass is 79.9. The number of piperidine rings is 1. The van der Waals surface area contributed by atoms with E-state index in [1.807, 2.05) is 0 Å². The first-order valence-electron chi connectivity index (χ1n) is 17.1. The van der Waals surface area contributed by atoms with Crippen LogP contribution >= 0.6 is 15.9 Å². The maximum Gasteiger partial charge on any atom is 0.266 e. The largest absolute Gasteiger partial charge is 0.490 e. The summed E-state index contributed by atoms with van der Waals surface area (Å²) in [4.78, 5) is 72.0. The zero-order valence-electron chi connectivity index (χ0n) is 28.7. The van der Waals surface area contributed by atoms with E-state index in [2.05, 4.69) is 46.6 Å². The average molecular weight is 836 g/mol. The first-order chi connectivity index (χ1) is 26.3. The van der Waals surface area contributed by atoms with Crippen molar-refractivity contribution in [2.45, 2.75) is 61.6 Å². The van der Waals surface area contributed by atoms with E-state index in [0.29, 0.717) is 35.8 Å². The van der Waals surface area contributed by atoms with Gasteiger partial charge in [0, 0.05) is 24.3 Å². The Kier molecular flexibility index (Phi) is 10.3. The Bertz CT molecular complexity index is 2360. The maximum absolute atomic E-state index is 14.3. The molecule has 2 aliphatic heterocycles. The molecule has 1 aromatic heterocycles. The SMILES string of the molecule is NC(=O)c1c(F)cccc1Nc1nc(Nc2ccc(S(=O)(=O)NC3CCC(Oc4cccc5c4C(=O)N(C4CCC(=O)NC4=O)C5=O)CC3)cc2)ncc1Br. The van der Waals surface area contributed by atoms with Crippen LogP contribution < -0.4 is 31.1 Å². The summed E-state index contributed by atoms with van der Waals surface area (Å²) in [5.41, 5.74) is 5.77. The molecule has 55 heavy (non-hydrogen) atoms. The number of carbonyl (C=O) groups excluding carboxylic acids is 5. The van der Waals surface area contributed by atoms with Crippen molar-refractivity contribution < 1.29 is 41.5 Å². The van der Waals surface area contributed by atoms with Gasteiger partial charge >= 0.3 is 0 Å². The van der Waals surface area contributed by atoms with Crippen molar-refractivity contribution in [1.29, 1.82) is 0 Å². The zero-order valence-corrected chi connectivity index (χ0v) is 31.1. The molecule has 1 atom stereocenters. The van der Waals surface area contributed by atoms with Crippen molar-refractivity contribution in [2.24, 2.45) is 5.73 Å². The van der Waals surface area contributed by atoms with Gasteiger partial charge in [0.25, 0.3) is 17.7 Å². The van der Waals surface area contributed by atoms with Gasteiger partial charge < -0.3 is 21.1 Å². The Labute approximate surface area is 321 Å². The summed E-state index contributed by atoms with van der Waals surface area (Å²) in [5.74, 6) is -3.67. The summed E-state index contributed by atoms with van der Waals surface area (Å²) in [6.07, 6.45) is 2.94. The maximum atomic E-state index is 14.3. The van der Waals surface area contributed by atoms with E-state index >= 15 is 0 Å². The van der Waals surface area contributed by atoms with Gasteiger partial charge in [-0.05, 0) is 96.6 Å². The molecule has 0 spiro atoms. The highest BCUT2D eigenvalue weighted by molar-refractivity contribution is 9.10. The molecule has 4 aromatic rings. The molecule has 1 unspecified atom stereocenters. The monoisotopic (exact) mass is 834 g/mol. The molecule has 3 aliphatic rings. The zero-order chi connectivity index (χ0) is 39.0. The number of nitrogens with one attached hydrogen (secondary N) is 4. The number of nitrogens with two attached hydrogens (primary N) is 1. The highest BCUT2D eigenvalue weighted by Gasteiger charge is 2.46. The van der Waals surface area contributed by atoms with Crippen LogP contribution in [-0.4, -0.2) is 71.0 Å². The molecule has 1 aliphatic carbocycles. The third-order valence-electron chi connectivity index (χ3n) is 9.40. The van der Waals surface area contributed by atoms with E-state index in [4.69, 9.17) is 10.5 Å². The summed E-state index contributed by atoms with van der Waals surface area (Å²) in [6.45, 7) is 0. The molecule has 1 saturated carbocycles. The first-order valence-corrected chi connectivity index (χ1v) is 19.3. The minimum atomic E-state index is -3.91. The van der Waals surface area contributed by atoms with Crippen molar-refractivity contribution in [1.82, 2.24) is 24.9 Å². The second-order valence-corrected chi connectivity index (χ2v) is 15.6. The minimum Gasteiger partial charge on any atom is -0.490 e. The summed E-state index contributed by atoms with van der Waals surface area (Å²) in [5, 5.41) is 8.04. The van der Waals surface area contributed by atoms with E-state index in [0.717, 1.165) is 11.0 Å². The molecule has 1 saturated heterocycles. The number of anilines is 4. The number of sulfonamides is 1. The number of imide groups is 2. The highest BCUT2D eigenvalue weighted by Crippen LogP contribution is 2.36. The van der Waals surface area contributed by atoms with Crippen molar-refractivity contribution in [2.75, 3.05) is 10.6 Å². The molecule has 0 radical (unpaired) electrons. The smallest absolute Gasteiger partial charge is 0.266 e. The second-order valence-electron chi connectivity index (χ2n) is 13.0. The van der Waals surface area contributed by atoms with Gasteiger partial charge in [-0.1, -0.05) is 12.1 Å². The predicted molar refractivity (Wildman–Crippen MR) is 198 cm³/mol. The Morgan fingerprint density at radius 1 is 0.945 bits per heavy atom. The van der Waals surface area contributed by atoms with Crippen LogP contribution in [0.4, 0.5) is 27.5 Å². The van der Waals surface area contributed by atoms with Crippen LogP contribution in [-0.2, 0) is 19.6 Å². The number of fused-ring (bicyclic) bond motifs is 1. The van der Waals surface area contributed by atoms with Gasteiger partial charge in [-0.3, -0.25) is 34.2 Å². The Morgan fingerprint density at radius 2 is 1.67 bits per heavy atom. The number of ether oxygens (including phenoxy) is 1. The molecule has 6 N–H and O–H groups in total. The van der Waals surface area contributed by atoms with Gasteiger partial charge in [0.05, 0.1) is 37.8 Å². The quantitative estimate of drug-likeness (QED) is 0.135. The Hall–Kier alpha value is -5.79. The third kappa shape index (κ3) is 7.76. The summed E-state index contributed by atoms with van der Waals surface area (Å²) in [6, 6.07) is 13.1. The van der Waals surface area contributed by atoms with Gasteiger partial charge in [0.2, 0.25) is 27.8 Å². The van der Waals surface area contributed by atoms with Gasteiger partial charge in [-0.2, -0.15) is 4.98 Å². The van der Waals surface area contributed by atoms with Crippen LogP contribution in [0, 0.1) is 5.82 Å². The molecule has 7 rings (SSSR count). The van der Waals surface area contributed by atoms with Crippen molar-refractivity contribution >= 4 is 78.6 Å². The van der Waals surface area contributed by atoms with Gasteiger partial charge in [-0.25, -0.2) is 22.5 Å². The van der Waals surface area contributed by atoms with Crippen molar-refractivity contribution in [3.8, 4) is 5.75 Å². The lowest BCUT2D eigenvalue weighted by molar-refractivity contribution is -0.136. The van der Waals surface area contributed by atoms with Crippen LogP contribution in [0.1, 0.15) is 69.6 Å². The van der Waals surface area contributed by atoms with E-state index in [1.165, 1.54) is 36.5 Å². The van der Waals surface area contributed by atoms with Gasteiger partial charge in [0.15, 0.2) is 0 Å². The van der Waals surface area contributed by atoms with E-state index in [-0.39, 0.29) is 69.8 Å². The fraction of sp³-hybridized carbons (Fsp3) is 0.250. The predicted octanol–water partition coefficient (Wildman–Crippen LogP) is 4.03. The first kappa shape index (κ1) is 37.5. The lowest BCUT2D eigenvalue weighted by atomic mass is 9.93. The number of halogens is 2. The standard InChI is InChI=1S/C36H32BrFN8O8S/c37-23-17-40-36(44-32(23)42-25-5-2-4-24(38)30(25)31(39)48)41-18-9-13-21(14-10-18)55(52,53)45-19-7-11-20(12-8-19)54-27-6-1-3-22-29(27)35(51)46(34(22)50)26-15-16-28(47)43-33(26)49/h1-6,9-10,13-14,17,19-20,26,45H,7-8,11-12,15-16H2,(H2,39,48)(H,43,47,49)(H2,40,41,42,44). The number of aromatic nitrogens is 2. The average Bonchev–Trinajstić information content (AvgIpc) is 3.40. The molecule has 2 fully saturated rings. The number of benzene rings is 3. The third-order valence-corrected chi connectivity index (χ3v) is 11.5. The molecule has 3 heterocycles. The number of primary amides is 1. The Balaban J connectivity index is 0.948. The Morgan fingerprint density at radius 3 is 2.38 bits per heavy atom. The molecule has 3 aromatic carbocycles. The summed E-state index contributed by atoms with van der Waals surface area (Å²) >= 11 is 3.33. The van der Waals surface area contributed by atoms with E-state index in [1.54, 1.807) is 24.3 Å². The number of carbonyl (C=O) groups is 5. The number of hydrogen-bond acceptors (Lipinski definition) is 12. The fourth-order valence-electron chi connectivity index (χ4n) is 6.72. The van der Waals surface area contributed by atoms with Gasteiger partial charge in [-0.15, -0.1) is 0 Å². The van der Waals surface area contributed by atoms with Crippen LogP contribution in [0.2, 0.25) is 0 Å². The van der Waals surface area contributed by atoms with Crippen LogP contribution in [0.5, 0.6) is 5.75 Å². The summed E-state index contributed by atoms with van der Waals surface area (Å²) < 4.78 is 50.2. The molecule has 284 valence electrons. The molecule has 5 amide bonds. The second kappa shape index (κ2) is 15.2. The topological polar surface area (TPSA) is 232 Å². The van der Waals surface area contributed by atoms with Crippen molar-refractivity contribution in [3.63, 3.8) is 0 Å². The van der Waals surface area contributed by atoms with Gasteiger partial charge in [0.1, 0.15) is 23.4 Å². The molecular weight excluding hydrogens is 803 g/mol. The van der Waals surface area contributed by atoms with Crippen LogP contribution in [0.3, 0.4) is 0 Å². The lowest BCUT2D eigenvalue weighted by Crippen LogP contribution is -2.54. The van der Waals surface area contributed by atoms with Crippen LogP contribution in [0.15, 0.2) is 76.2 Å². The molecule has 16 nitrogen and oxygen atoms in total. The number of hydrogen-bond donors (Lipinski definition) is 5. The number of nitrogens with zero attached hydrogens (tertiary/aromatic N) is 3. The number of rotatable bonds is 11. The fourth-order valence-corrected chi connectivity index (χ4v) is 8.31. The molecular formula is C36H32BrFN8O8S. The van der Waals surface area contributed by atoms with Crippen LogP contribution in [0.25, 0.3) is 0 Å². The van der Waals surface area contributed by atoms with E-state index in [9.17, 15) is 36.8 Å². The molecule has 0 bridgehead atoms. The lowest BCUT2D eigenvalue weighted by Gasteiger charge is -2.30. The van der Waals surface area contributed by atoms with Crippen molar-refractivity contribution in [3.05, 3.63) is 93.8 Å². The summed E-state index contributed by atoms with van der Waals surface area (Å²) in [7, 11) is -3.91.